The summed E-state index contributed by atoms with van der Waals surface area (Å²) in [5.41, 5.74) is 3.14. The number of hydrogen-bond donors (Lipinski definition) is 1. The Morgan fingerprint density at radius 1 is 1.00 bits per heavy atom. The minimum absolute atomic E-state index is 0.256. The Bertz CT molecular complexity index is 735. The van der Waals surface area contributed by atoms with Gasteiger partial charge in [0.15, 0.2) is 0 Å². The molecule has 0 unspecified atom stereocenters. The Morgan fingerprint density at radius 3 is 2.14 bits per heavy atom. The lowest BCUT2D eigenvalue weighted by atomic mass is 10.0. The highest BCUT2D eigenvalue weighted by Gasteiger charge is 2.15. The molecule has 0 saturated carbocycles. The molecule has 0 atom stereocenters. The highest BCUT2D eigenvalue weighted by Crippen LogP contribution is 2.21. The summed E-state index contributed by atoms with van der Waals surface area (Å²) in [6, 6.07) is 10.5. The fraction of sp³-hybridized carbons (Fsp3) is 0.312. The van der Waals surface area contributed by atoms with Crippen molar-refractivity contribution in [1.29, 1.82) is 0 Å². The van der Waals surface area contributed by atoms with Crippen LogP contribution >= 0.6 is 0 Å². The first-order chi connectivity index (χ1) is 9.79. The van der Waals surface area contributed by atoms with Crippen molar-refractivity contribution in [2.24, 2.45) is 0 Å². The summed E-state index contributed by atoms with van der Waals surface area (Å²) < 4.78 is 27.4. The predicted molar refractivity (Wildman–Crippen MR) is 85.1 cm³/mol. The van der Waals surface area contributed by atoms with E-state index in [-0.39, 0.29) is 4.90 Å². The lowest BCUT2D eigenvalue weighted by molar-refractivity contribution is 0.601. The van der Waals surface area contributed by atoms with E-state index < -0.39 is 10.0 Å². The summed E-state index contributed by atoms with van der Waals surface area (Å²) in [7, 11) is -3.58. The van der Waals surface area contributed by atoms with Gasteiger partial charge in [-0.05, 0) is 49.6 Å². The maximum atomic E-state index is 12.4. The number of pyridine rings is 1. The molecular formula is C16H20N2O2S. The number of hydrogen-bond acceptors (Lipinski definition) is 3. The Labute approximate surface area is 126 Å². The van der Waals surface area contributed by atoms with Crippen LogP contribution in [0.5, 0.6) is 0 Å². The van der Waals surface area contributed by atoms with Crippen LogP contribution in [0, 0.1) is 13.8 Å². The van der Waals surface area contributed by atoms with Crippen molar-refractivity contribution < 1.29 is 8.42 Å². The van der Waals surface area contributed by atoms with E-state index in [1.54, 1.807) is 31.2 Å². The van der Waals surface area contributed by atoms with E-state index in [0.29, 0.717) is 17.3 Å². The Kier molecular flexibility index (Phi) is 4.32. The third kappa shape index (κ3) is 3.61. The first-order valence-corrected chi connectivity index (χ1v) is 8.35. The van der Waals surface area contributed by atoms with Crippen LogP contribution in [0.15, 0.2) is 41.3 Å². The van der Waals surface area contributed by atoms with Crippen LogP contribution in [0.25, 0.3) is 0 Å². The van der Waals surface area contributed by atoms with Gasteiger partial charge < -0.3 is 0 Å². The second-order valence-corrected chi connectivity index (χ2v) is 7.10. The number of nitrogens with zero attached hydrogens (tertiary/aromatic N) is 1. The van der Waals surface area contributed by atoms with Crippen LogP contribution in [-0.4, -0.2) is 13.4 Å². The third-order valence-electron chi connectivity index (χ3n) is 3.33. The molecule has 1 N–H and O–H groups in total. The summed E-state index contributed by atoms with van der Waals surface area (Å²) in [5.74, 6) is 0.373. The summed E-state index contributed by atoms with van der Waals surface area (Å²) >= 11 is 0. The van der Waals surface area contributed by atoms with Crippen molar-refractivity contribution in [1.82, 2.24) is 4.98 Å². The molecule has 1 heterocycles. The van der Waals surface area contributed by atoms with Crippen LogP contribution in [-0.2, 0) is 10.0 Å². The molecule has 0 aliphatic heterocycles. The molecule has 2 rings (SSSR count). The smallest absolute Gasteiger partial charge is 0.261 e. The molecule has 4 nitrogen and oxygen atoms in total. The molecule has 0 radical (unpaired) electrons. The van der Waals surface area contributed by atoms with E-state index in [0.717, 1.165) is 11.3 Å². The first-order valence-electron chi connectivity index (χ1n) is 6.86. The van der Waals surface area contributed by atoms with E-state index in [1.165, 1.54) is 0 Å². The average molecular weight is 304 g/mol. The molecule has 112 valence electrons. The molecule has 21 heavy (non-hydrogen) atoms. The molecule has 0 bridgehead atoms. The molecule has 0 fully saturated rings. The molecule has 0 aliphatic rings. The SMILES string of the molecule is Cc1ccc(NS(=O)(=O)c2ccc(C(C)C)cc2)c(C)n1. The maximum Gasteiger partial charge on any atom is 0.261 e. The highest BCUT2D eigenvalue weighted by molar-refractivity contribution is 7.92. The monoisotopic (exact) mass is 304 g/mol. The third-order valence-corrected chi connectivity index (χ3v) is 4.71. The van der Waals surface area contributed by atoms with E-state index >= 15 is 0 Å². The highest BCUT2D eigenvalue weighted by atomic mass is 32.2. The zero-order valence-electron chi connectivity index (χ0n) is 12.7. The number of aryl methyl sites for hydroxylation is 2. The van der Waals surface area contributed by atoms with Crippen molar-refractivity contribution in [2.45, 2.75) is 38.5 Å². The summed E-state index contributed by atoms with van der Waals surface area (Å²) in [5, 5.41) is 0. The predicted octanol–water partition coefficient (Wildman–Crippen LogP) is 3.62. The Hall–Kier alpha value is -1.88. The molecule has 0 aliphatic carbocycles. The van der Waals surface area contributed by atoms with Crippen molar-refractivity contribution in [2.75, 3.05) is 4.72 Å². The van der Waals surface area contributed by atoms with Crippen LogP contribution in [0.4, 0.5) is 5.69 Å². The number of rotatable bonds is 4. The molecule has 0 saturated heterocycles. The maximum absolute atomic E-state index is 12.4. The zero-order valence-corrected chi connectivity index (χ0v) is 13.5. The van der Waals surface area contributed by atoms with Gasteiger partial charge in [-0.1, -0.05) is 26.0 Å². The van der Waals surface area contributed by atoms with Crippen LogP contribution in [0.2, 0.25) is 0 Å². The summed E-state index contributed by atoms with van der Waals surface area (Å²) in [4.78, 5) is 4.52. The van der Waals surface area contributed by atoms with Crippen molar-refractivity contribution in [3.8, 4) is 0 Å². The summed E-state index contributed by atoms with van der Waals surface area (Å²) in [6.45, 7) is 7.80. The van der Waals surface area contributed by atoms with Crippen molar-refractivity contribution >= 4 is 15.7 Å². The van der Waals surface area contributed by atoms with Gasteiger partial charge in [-0.15, -0.1) is 0 Å². The lowest BCUT2D eigenvalue weighted by Crippen LogP contribution is -2.14. The standard InChI is InChI=1S/C16H20N2O2S/c1-11(2)14-6-8-15(9-7-14)21(19,20)18-16-10-5-12(3)17-13(16)4/h5-11,18H,1-4H3. The first kappa shape index (κ1) is 15.5. The Morgan fingerprint density at radius 2 is 1.62 bits per heavy atom. The van der Waals surface area contributed by atoms with Crippen molar-refractivity contribution in [3.05, 3.63) is 53.3 Å². The Balaban J connectivity index is 2.29. The van der Waals surface area contributed by atoms with E-state index in [9.17, 15) is 8.42 Å². The van der Waals surface area contributed by atoms with E-state index in [1.807, 2.05) is 19.1 Å². The molecule has 1 aromatic carbocycles. The number of nitrogens with one attached hydrogen (secondary N) is 1. The molecular weight excluding hydrogens is 284 g/mol. The normalized spacial score (nSPS) is 11.7. The molecule has 0 spiro atoms. The van der Waals surface area contributed by atoms with Gasteiger partial charge in [-0.3, -0.25) is 9.71 Å². The number of aromatic nitrogens is 1. The zero-order chi connectivity index (χ0) is 15.6. The molecule has 5 heteroatoms. The minimum Gasteiger partial charge on any atom is -0.278 e. The molecule has 1 aromatic heterocycles. The second kappa shape index (κ2) is 5.85. The number of benzene rings is 1. The van der Waals surface area contributed by atoms with Gasteiger partial charge in [0.2, 0.25) is 0 Å². The minimum atomic E-state index is -3.58. The fourth-order valence-corrected chi connectivity index (χ4v) is 3.15. The van der Waals surface area contributed by atoms with Crippen LogP contribution in [0.1, 0.15) is 36.7 Å². The van der Waals surface area contributed by atoms with Gasteiger partial charge in [-0.25, -0.2) is 8.42 Å². The van der Waals surface area contributed by atoms with Gasteiger partial charge >= 0.3 is 0 Å². The van der Waals surface area contributed by atoms with E-state index in [2.05, 4.69) is 23.6 Å². The average Bonchev–Trinajstić information content (AvgIpc) is 2.42. The second-order valence-electron chi connectivity index (χ2n) is 5.41. The fourth-order valence-electron chi connectivity index (χ4n) is 2.03. The number of anilines is 1. The van der Waals surface area contributed by atoms with Gasteiger partial charge in [0.25, 0.3) is 10.0 Å². The van der Waals surface area contributed by atoms with Gasteiger partial charge in [0, 0.05) is 5.69 Å². The van der Waals surface area contributed by atoms with Gasteiger partial charge in [0.05, 0.1) is 16.3 Å². The molecule has 0 amide bonds. The van der Waals surface area contributed by atoms with Gasteiger partial charge in [-0.2, -0.15) is 0 Å². The van der Waals surface area contributed by atoms with Crippen LogP contribution in [0.3, 0.4) is 0 Å². The van der Waals surface area contributed by atoms with Gasteiger partial charge in [0.1, 0.15) is 0 Å². The van der Waals surface area contributed by atoms with Crippen molar-refractivity contribution in [3.63, 3.8) is 0 Å². The largest absolute Gasteiger partial charge is 0.278 e. The van der Waals surface area contributed by atoms with E-state index in [4.69, 9.17) is 0 Å². The molecule has 2 aromatic rings. The quantitative estimate of drug-likeness (QED) is 0.938. The van der Waals surface area contributed by atoms with Crippen LogP contribution < -0.4 is 4.72 Å². The number of sulfonamides is 1. The summed E-state index contributed by atoms with van der Waals surface area (Å²) in [6.07, 6.45) is 0. The lowest BCUT2D eigenvalue weighted by Gasteiger charge is -2.11. The topological polar surface area (TPSA) is 59.1 Å².